The number of aryl methyl sites for hydroxylation is 2. The normalized spacial score (nSPS) is 10.4. The molecule has 0 aromatic heterocycles. The van der Waals surface area contributed by atoms with Crippen LogP contribution in [0, 0.1) is 25.5 Å². The third-order valence-electron chi connectivity index (χ3n) is 2.70. The van der Waals surface area contributed by atoms with Gasteiger partial charge in [0.05, 0.1) is 5.69 Å². The van der Waals surface area contributed by atoms with E-state index in [1.54, 1.807) is 0 Å². The quantitative estimate of drug-likeness (QED) is 0.857. The Kier molecular flexibility index (Phi) is 3.60. The number of anilines is 1. The molecule has 0 atom stereocenters. The average Bonchev–Trinajstić information content (AvgIpc) is 2.26. The molecule has 0 bridgehead atoms. The standard InChI is InChI=1S/C15H15F2N/c1-10-5-11(2)7-12(6-10)9-18-15-4-3-13(16)8-14(15)17/h3-8,18H,9H2,1-2H3. The summed E-state index contributed by atoms with van der Waals surface area (Å²) < 4.78 is 26.2. The van der Waals surface area contributed by atoms with Crippen LogP contribution in [0.15, 0.2) is 36.4 Å². The molecule has 0 unspecified atom stereocenters. The van der Waals surface area contributed by atoms with E-state index in [1.807, 2.05) is 26.0 Å². The number of halogens is 2. The fraction of sp³-hybridized carbons (Fsp3) is 0.200. The van der Waals surface area contributed by atoms with Crippen molar-refractivity contribution < 1.29 is 8.78 Å². The van der Waals surface area contributed by atoms with E-state index in [2.05, 4.69) is 11.4 Å². The highest BCUT2D eigenvalue weighted by atomic mass is 19.1. The van der Waals surface area contributed by atoms with Crippen molar-refractivity contribution >= 4 is 5.69 Å². The zero-order valence-electron chi connectivity index (χ0n) is 10.4. The van der Waals surface area contributed by atoms with Gasteiger partial charge in [-0.1, -0.05) is 29.3 Å². The molecule has 0 spiro atoms. The number of hydrogen-bond acceptors (Lipinski definition) is 1. The fourth-order valence-corrected chi connectivity index (χ4v) is 2.00. The third kappa shape index (κ3) is 3.06. The van der Waals surface area contributed by atoms with Crippen LogP contribution in [0.4, 0.5) is 14.5 Å². The highest BCUT2D eigenvalue weighted by molar-refractivity contribution is 5.45. The molecule has 0 radical (unpaired) electrons. The summed E-state index contributed by atoms with van der Waals surface area (Å²) in [5.41, 5.74) is 3.74. The summed E-state index contributed by atoms with van der Waals surface area (Å²) in [5.74, 6) is -1.14. The van der Waals surface area contributed by atoms with Crippen molar-refractivity contribution in [1.29, 1.82) is 0 Å². The fourth-order valence-electron chi connectivity index (χ4n) is 2.00. The van der Waals surface area contributed by atoms with Gasteiger partial charge in [0.25, 0.3) is 0 Å². The van der Waals surface area contributed by atoms with Gasteiger partial charge in [-0.05, 0) is 31.5 Å². The molecule has 2 aromatic carbocycles. The Morgan fingerprint density at radius 1 is 0.944 bits per heavy atom. The maximum absolute atomic E-state index is 13.4. The van der Waals surface area contributed by atoms with Gasteiger partial charge in [-0.3, -0.25) is 0 Å². The molecule has 2 aromatic rings. The lowest BCUT2D eigenvalue weighted by Crippen LogP contribution is -2.02. The predicted molar refractivity (Wildman–Crippen MR) is 69.6 cm³/mol. The third-order valence-corrected chi connectivity index (χ3v) is 2.70. The van der Waals surface area contributed by atoms with Gasteiger partial charge < -0.3 is 5.32 Å². The van der Waals surface area contributed by atoms with Crippen molar-refractivity contribution in [2.24, 2.45) is 0 Å². The van der Waals surface area contributed by atoms with Gasteiger partial charge in [-0.15, -0.1) is 0 Å². The Morgan fingerprint density at radius 3 is 2.22 bits per heavy atom. The Balaban J connectivity index is 2.11. The molecule has 0 saturated carbocycles. The van der Waals surface area contributed by atoms with Crippen molar-refractivity contribution in [2.75, 3.05) is 5.32 Å². The van der Waals surface area contributed by atoms with E-state index in [9.17, 15) is 8.78 Å². The maximum atomic E-state index is 13.4. The number of nitrogens with one attached hydrogen (secondary N) is 1. The predicted octanol–water partition coefficient (Wildman–Crippen LogP) is 4.19. The van der Waals surface area contributed by atoms with Gasteiger partial charge in [-0.25, -0.2) is 8.78 Å². The van der Waals surface area contributed by atoms with E-state index in [-0.39, 0.29) is 0 Å². The summed E-state index contributed by atoms with van der Waals surface area (Å²) in [4.78, 5) is 0. The molecule has 2 rings (SSSR count). The average molecular weight is 247 g/mol. The lowest BCUT2D eigenvalue weighted by Gasteiger charge is -2.09. The van der Waals surface area contributed by atoms with Gasteiger partial charge in [0.15, 0.2) is 0 Å². The summed E-state index contributed by atoms with van der Waals surface area (Å²) in [6.45, 7) is 4.56. The first-order valence-corrected chi connectivity index (χ1v) is 5.81. The van der Waals surface area contributed by atoms with Gasteiger partial charge in [0, 0.05) is 12.6 Å². The second-order valence-electron chi connectivity index (χ2n) is 4.47. The van der Waals surface area contributed by atoms with E-state index in [0.29, 0.717) is 12.2 Å². The molecule has 0 fully saturated rings. The molecule has 0 aliphatic rings. The van der Waals surface area contributed by atoms with Crippen molar-refractivity contribution in [1.82, 2.24) is 0 Å². The largest absolute Gasteiger partial charge is 0.379 e. The van der Waals surface area contributed by atoms with Gasteiger partial charge >= 0.3 is 0 Å². The first-order valence-electron chi connectivity index (χ1n) is 5.81. The van der Waals surface area contributed by atoms with Crippen LogP contribution in [0.3, 0.4) is 0 Å². The van der Waals surface area contributed by atoms with Crippen molar-refractivity contribution in [3.8, 4) is 0 Å². The zero-order chi connectivity index (χ0) is 13.1. The summed E-state index contributed by atoms with van der Waals surface area (Å²) >= 11 is 0. The lowest BCUT2D eigenvalue weighted by atomic mass is 10.1. The molecule has 18 heavy (non-hydrogen) atoms. The minimum Gasteiger partial charge on any atom is -0.379 e. The Labute approximate surface area is 105 Å². The molecule has 3 heteroatoms. The molecule has 0 saturated heterocycles. The van der Waals surface area contributed by atoms with Crippen molar-refractivity contribution in [2.45, 2.75) is 20.4 Å². The number of hydrogen-bond donors (Lipinski definition) is 1. The zero-order valence-corrected chi connectivity index (χ0v) is 10.4. The molecular formula is C15H15F2N. The number of benzene rings is 2. The van der Waals surface area contributed by atoms with Crippen molar-refractivity contribution in [3.05, 3.63) is 64.7 Å². The lowest BCUT2D eigenvalue weighted by molar-refractivity contribution is 0.585. The van der Waals surface area contributed by atoms with Crippen LogP contribution in [0.5, 0.6) is 0 Å². The van der Waals surface area contributed by atoms with Crippen LogP contribution < -0.4 is 5.32 Å². The van der Waals surface area contributed by atoms with Crippen LogP contribution >= 0.6 is 0 Å². The van der Waals surface area contributed by atoms with Crippen LogP contribution in [0.2, 0.25) is 0 Å². The Morgan fingerprint density at radius 2 is 1.61 bits per heavy atom. The second kappa shape index (κ2) is 5.17. The summed E-state index contributed by atoms with van der Waals surface area (Å²) in [6, 6.07) is 9.70. The monoisotopic (exact) mass is 247 g/mol. The molecular weight excluding hydrogens is 232 g/mol. The van der Waals surface area contributed by atoms with E-state index in [0.717, 1.165) is 11.6 Å². The molecule has 0 aliphatic carbocycles. The SMILES string of the molecule is Cc1cc(C)cc(CNc2ccc(F)cc2F)c1. The van der Waals surface area contributed by atoms with Crippen LogP contribution in [-0.2, 0) is 6.54 Å². The highest BCUT2D eigenvalue weighted by Crippen LogP contribution is 2.17. The molecule has 0 amide bonds. The Bertz CT molecular complexity index is 544. The van der Waals surface area contributed by atoms with E-state index in [4.69, 9.17) is 0 Å². The smallest absolute Gasteiger partial charge is 0.149 e. The van der Waals surface area contributed by atoms with Crippen LogP contribution in [-0.4, -0.2) is 0 Å². The minimum atomic E-state index is -0.570. The molecule has 1 nitrogen and oxygen atoms in total. The highest BCUT2D eigenvalue weighted by Gasteiger charge is 2.03. The molecule has 1 N–H and O–H groups in total. The summed E-state index contributed by atoms with van der Waals surface area (Å²) in [6.07, 6.45) is 0. The topological polar surface area (TPSA) is 12.0 Å². The first kappa shape index (κ1) is 12.6. The number of rotatable bonds is 3. The first-order chi connectivity index (χ1) is 8.54. The molecule has 0 heterocycles. The van der Waals surface area contributed by atoms with E-state index < -0.39 is 11.6 Å². The maximum Gasteiger partial charge on any atom is 0.149 e. The van der Waals surface area contributed by atoms with E-state index >= 15 is 0 Å². The molecule has 94 valence electrons. The van der Waals surface area contributed by atoms with Gasteiger partial charge in [-0.2, -0.15) is 0 Å². The molecule has 0 aliphatic heterocycles. The van der Waals surface area contributed by atoms with Crippen molar-refractivity contribution in [3.63, 3.8) is 0 Å². The minimum absolute atomic E-state index is 0.315. The summed E-state index contributed by atoms with van der Waals surface area (Å²) in [5, 5.41) is 2.97. The second-order valence-corrected chi connectivity index (χ2v) is 4.47. The van der Waals surface area contributed by atoms with Gasteiger partial charge in [0.2, 0.25) is 0 Å². The van der Waals surface area contributed by atoms with Crippen LogP contribution in [0.1, 0.15) is 16.7 Å². The summed E-state index contributed by atoms with van der Waals surface area (Å²) in [7, 11) is 0. The van der Waals surface area contributed by atoms with Gasteiger partial charge in [0.1, 0.15) is 11.6 Å². The van der Waals surface area contributed by atoms with Crippen LogP contribution in [0.25, 0.3) is 0 Å². The van der Waals surface area contributed by atoms with E-state index in [1.165, 1.54) is 23.3 Å². The Hall–Kier alpha value is -1.90.